The monoisotopic (exact) mass is 523 g/mol. The lowest BCUT2D eigenvalue weighted by Gasteiger charge is -2.35. The van der Waals surface area contributed by atoms with Crippen LogP contribution < -0.4 is 4.90 Å². The largest absolute Gasteiger partial charge is 0.338 e. The van der Waals surface area contributed by atoms with Crippen LogP contribution in [0, 0.1) is 5.82 Å². The Labute approximate surface area is 219 Å². The van der Waals surface area contributed by atoms with Gasteiger partial charge < -0.3 is 9.80 Å². The van der Waals surface area contributed by atoms with Gasteiger partial charge in [0, 0.05) is 50.1 Å². The van der Waals surface area contributed by atoms with Crippen LogP contribution >= 0.6 is 23.4 Å². The summed E-state index contributed by atoms with van der Waals surface area (Å²) in [5.74, 6) is 0.432. The summed E-state index contributed by atoms with van der Waals surface area (Å²) in [5, 5.41) is 0.478. The molecular formula is C27H27ClFN5OS. The van der Waals surface area contributed by atoms with Gasteiger partial charge in [-0.05, 0) is 60.5 Å². The maximum absolute atomic E-state index is 13.7. The number of hydrogen-bond donors (Lipinski definition) is 0. The summed E-state index contributed by atoms with van der Waals surface area (Å²) in [4.78, 5) is 29.3. The van der Waals surface area contributed by atoms with E-state index in [9.17, 15) is 9.18 Å². The molecule has 0 saturated carbocycles. The van der Waals surface area contributed by atoms with Crippen molar-refractivity contribution in [2.24, 2.45) is 0 Å². The zero-order valence-corrected chi connectivity index (χ0v) is 21.3. The molecule has 0 N–H and O–H groups in total. The highest BCUT2D eigenvalue weighted by molar-refractivity contribution is 8.04. The van der Waals surface area contributed by atoms with Gasteiger partial charge in [-0.2, -0.15) is 0 Å². The van der Waals surface area contributed by atoms with Gasteiger partial charge in [-0.15, -0.1) is 0 Å². The summed E-state index contributed by atoms with van der Waals surface area (Å²) in [6, 6.07) is 15.8. The van der Waals surface area contributed by atoms with Crippen LogP contribution in [0.4, 0.5) is 10.3 Å². The van der Waals surface area contributed by atoms with Gasteiger partial charge >= 0.3 is 0 Å². The number of hydrogen-bond acceptors (Lipinski definition) is 6. The molecule has 2 aliphatic heterocycles. The molecule has 1 amide bonds. The normalized spacial score (nSPS) is 19.9. The van der Waals surface area contributed by atoms with Crippen LogP contribution in [0.1, 0.15) is 22.9 Å². The first-order chi connectivity index (χ1) is 17.6. The fraction of sp³-hybridized carbons (Fsp3) is 0.296. The number of nitrogens with zero attached hydrogens (tertiary/aromatic N) is 5. The van der Waals surface area contributed by atoms with Crippen molar-refractivity contribution in [2.75, 3.05) is 44.2 Å². The van der Waals surface area contributed by atoms with Crippen LogP contribution in [-0.4, -0.2) is 64.9 Å². The molecule has 5 rings (SSSR count). The van der Waals surface area contributed by atoms with Crippen molar-refractivity contribution in [2.45, 2.75) is 11.8 Å². The van der Waals surface area contributed by atoms with E-state index < -0.39 is 0 Å². The Morgan fingerprint density at radius 3 is 2.53 bits per heavy atom. The summed E-state index contributed by atoms with van der Waals surface area (Å²) < 4.78 is 13.7. The van der Waals surface area contributed by atoms with Gasteiger partial charge in [-0.25, -0.2) is 14.4 Å². The minimum Gasteiger partial charge on any atom is -0.338 e. The summed E-state index contributed by atoms with van der Waals surface area (Å²) in [7, 11) is 0. The predicted molar refractivity (Wildman–Crippen MR) is 143 cm³/mol. The number of thioether (sulfide) groups is 1. The van der Waals surface area contributed by atoms with Crippen molar-refractivity contribution in [3.8, 4) is 0 Å². The molecule has 3 aromatic rings. The van der Waals surface area contributed by atoms with Gasteiger partial charge in [0.1, 0.15) is 11.2 Å². The number of amides is 1. The second kappa shape index (κ2) is 11.4. The Morgan fingerprint density at radius 1 is 1.00 bits per heavy atom. The third-order valence-corrected chi connectivity index (χ3v) is 7.89. The molecule has 1 aromatic heterocycles. The molecule has 1 unspecified atom stereocenters. The highest BCUT2D eigenvalue weighted by Crippen LogP contribution is 2.46. The quantitative estimate of drug-likeness (QED) is 0.402. The number of anilines is 1. The fourth-order valence-corrected chi connectivity index (χ4v) is 6.02. The average Bonchev–Trinajstić information content (AvgIpc) is 3.20. The number of piperazine rings is 1. The van der Waals surface area contributed by atoms with Crippen molar-refractivity contribution in [3.05, 3.63) is 93.9 Å². The lowest BCUT2D eigenvalue weighted by atomic mass is 10.2. The van der Waals surface area contributed by atoms with Gasteiger partial charge in [0.25, 0.3) is 5.91 Å². The Hall–Kier alpha value is -2.94. The number of aromatic nitrogens is 2. The van der Waals surface area contributed by atoms with E-state index in [1.807, 2.05) is 35.2 Å². The van der Waals surface area contributed by atoms with E-state index in [4.69, 9.17) is 11.6 Å². The maximum atomic E-state index is 13.7. The predicted octanol–water partition coefficient (Wildman–Crippen LogP) is 5.10. The first-order valence-electron chi connectivity index (χ1n) is 12.0. The minimum atomic E-state index is -0.318. The SMILES string of the molecule is O=C1/C(=C/c2cccc(F)c2)SC(c2cccc(Cl)c2)N1CCCN1CCN(c2ncccn2)CC1. The molecule has 2 aromatic carbocycles. The molecule has 2 aliphatic rings. The molecule has 6 nitrogen and oxygen atoms in total. The van der Waals surface area contributed by atoms with Crippen molar-refractivity contribution in [1.82, 2.24) is 19.8 Å². The lowest BCUT2D eigenvalue weighted by molar-refractivity contribution is -0.126. The number of benzene rings is 2. The molecule has 2 fully saturated rings. The van der Waals surface area contributed by atoms with Crippen LogP contribution in [-0.2, 0) is 4.79 Å². The maximum Gasteiger partial charge on any atom is 0.261 e. The zero-order valence-electron chi connectivity index (χ0n) is 19.8. The van der Waals surface area contributed by atoms with E-state index in [0.717, 1.165) is 50.7 Å². The van der Waals surface area contributed by atoms with E-state index in [1.54, 1.807) is 30.6 Å². The third kappa shape index (κ3) is 5.88. The van der Waals surface area contributed by atoms with E-state index in [2.05, 4.69) is 19.8 Å². The Bertz CT molecular complexity index is 1240. The molecule has 0 bridgehead atoms. The van der Waals surface area contributed by atoms with Crippen molar-refractivity contribution >= 4 is 41.3 Å². The van der Waals surface area contributed by atoms with E-state index >= 15 is 0 Å². The molecular weight excluding hydrogens is 497 g/mol. The van der Waals surface area contributed by atoms with Gasteiger partial charge in [0.05, 0.1) is 4.91 Å². The molecule has 1 atom stereocenters. The van der Waals surface area contributed by atoms with Crippen LogP contribution in [0.15, 0.2) is 71.9 Å². The summed E-state index contributed by atoms with van der Waals surface area (Å²) in [6.45, 7) is 5.17. The standard InChI is InChI=1S/C27H27ClFN5OS/c28-22-7-2-6-21(19-22)26-34(25(35)24(36-26)18-20-5-1-8-23(29)17-20)12-4-11-32-13-15-33(16-14-32)27-30-9-3-10-31-27/h1-3,5-10,17-19,26H,4,11-16H2/b24-18-. The Kier molecular flexibility index (Phi) is 7.84. The van der Waals surface area contributed by atoms with E-state index in [1.165, 1.54) is 23.9 Å². The smallest absolute Gasteiger partial charge is 0.261 e. The van der Waals surface area contributed by atoms with Crippen molar-refractivity contribution < 1.29 is 9.18 Å². The second-order valence-corrected chi connectivity index (χ2v) is 10.4. The number of halogens is 2. The van der Waals surface area contributed by atoms with Crippen molar-refractivity contribution in [3.63, 3.8) is 0 Å². The van der Waals surface area contributed by atoms with E-state index in [0.29, 0.717) is 22.0 Å². The summed E-state index contributed by atoms with van der Waals surface area (Å²) in [5.41, 5.74) is 1.66. The highest BCUT2D eigenvalue weighted by atomic mass is 35.5. The fourth-order valence-electron chi connectivity index (χ4n) is 4.54. The average molecular weight is 524 g/mol. The molecule has 2 saturated heterocycles. The Balaban J connectivity index is 1.24. The summed E-state index contributed by atoms with van der Waals surface area (Å²) >= 11 is 7.76. The summed E-state index contributed by atoms with van der Waals surface area (Å²) in [6.07, 6.45) is 6.18. The molecule has 186 valence electrons. The van der Waals surface area contributed by atoms with Gasteiger partial charge in [-0.3, -0.25) is 9.69 Å². The minimum absolute atomic E-state index is 0.0275. The number of carbonyl (C=O) groups is 1. The first-order valence-corrected chi connectivity index (χ1v) is 13.3. The van der Waals surface area contributed by atoms with Crippen LogP contribution in [0.5, 0.6) is 0 Å². The van der Waals surface area contributed by atoms with Gasteiger partial charge in [-0.1, -0.05) is 47.6 Å². The molecule has 3 heterocycles. The number of rotatable bonds is 7. The van der Waals surface area contributed by atoms with E-state index in [-0.39, 0.29) is 17.1 Å². The zero-order chi connectivity index (χ0) is 24.9. The highest BCUT2D eigenvalue weighted by Gasteiger charge is 2.37. The van der Waals surface area contributed by atoms with Crippen LogP contribution in [0.25, 0.3) is 6.08 Å². The topological polar surface area (TPSA) is 52.6 Å². The van der Waals surface area contributed by atoms with Crippen LogP contribution in [0.3, 0.4) is 0 Å². The van der Waals surface area contributed by atoms with Gasteiger partial charge in [0.2, 0.25) is 5.95 Å². The van der Waals surface area contributed by atoms with Crippen molar-refractivity contribution in [1.29, 1.82) is 0 Å². The third-order valence-electron chi connectivity index (χ3n) is 6.35. The first kappa shape index (κ1) is 24.7. The van der Waals surface area contributed by atoms with Gasteiger partial charge in [0.15, 0.2) is 0 Å². The molecule has 0 aliphatic carbocycles. The lowest BCUT2D eigenvalue weighted by Crippen LogP contribution is -2.47. The number of carbonyl (C=O) groups excluding carboxylic acids is 1. The molecule has 0 radical (unpaired) electrons. The Morgan fingerprint density at radius 2 is 1.78 bits per heavy atom. The molecule has 0 spiro atoms. The second-order valence-electron chi connectivity index (χ2n) is 8.82. The van der Waals surface area contributed by atoms with Crippen LogP contribution in [0.2, 0.25) is 5.02 Å². The molecule has 9 heteroatoms. The molecule has 36 heavy (non-hydrogen) atoms.